The maximum Gasteiger partial charge on any atom is 0.345 e. The number of ether oxygens (including phenoxy) is 1. The molecule has 8 nitrogen and oxygen atoms in total. The van der Waals surface area contributed by atoms with Gasteiger partial charge in [0, 0.05) is 24.2 Å². The molecule has 3 amide bonds. The SMILES string of the molecule is COc1ccc(/C=C/C2=NN(CCCCN)C(=O)N(Cc3ccc(-c4ccccc4)cc3)c3cc(C(=O)NCCCc4ccccc4)ccc32)cc1.Cl. The lowest BCUT2D eigenvalue weighted by atomic mass is 10.0. The lowest BCUT2D eigenvalue weighted by Crippen LogP contribution is -2.40. The van der Waals surface area contributed by atoms with Crippen molar-refractivity contribution in [3.05, 3.63) is 161 Å². The number of nitrogens with zero attached hydrogens (tertiary/aromatic N) is 3. The van der Waals surface area contributed by atoms with Crippen LogP contribution in [0.2, 0.25) is 0 Å². The summed E-state index contributed by atoms with van der Waals surface area (Å²) in [6.45, 7) is 1.76. The molecular weight excluding hydrogens is 682 g/mol. The van der Waals surface area contributed by atoms with Crippen LogP contribution < -0.4 is 20.7 Å². The smallest absolute Gasteiger partial charge is 0.345 e. The maximum atomic E-state index is 14.5. The molecule has 0 saturated heterocycles. The van der Waals surface area contributed by atoms with E-state index in [2.05, 4.69) is 41.7 Å². The lowest BCUT2D eigenvalue weighted by molar-refractivity contribution is 0.0953. The Labute approximate surface area is 318 Å². The number of allylic oxidation sites excluding steroid dienone is 1. The predicted molar refractivity (Wildman–Crippen MR) is 218 cm³/mol. The number of unbranched alkanes of at least 4 members (excludes halogenated alkanes) is 1. The Balaban J connectivity index is 0.00000541. The normalized spacial score (nSPS) is 12.5. The van der Waals surface area contributed by atoms with E-state index >= 15 is 0 Å². The Kier molecular flexibility index (Phi) is 14.0. The summed E-state index contributed by atoms with van der Waals surface area (Å²) in [6, 6.07) is 41.7. The number of urea groups is 1. The molecule has 0 atom stereocenters. The van der Waals surface area contributed by atoms with Crippen LogP contribution >= 0.6 is 12.4 Å². The standard InChI is InChI=1S/C44H45N5O3.ClH/c1-52-39-24-18-34(19-25-39)20-27-41-40-26-23-38(43(50)46-29-10-13-33-11-4-2-5-12-33)31-42(40)48(44(51)49(47-41)30-9-8-28-45)32-35-16-21-37(22-17-35)36-14-6-3-7-15-36;/h2-7,11-12,14-27,31H,8-10,13,28-30,32,45H2,1H3,(H,46,50);1H/b27-20+;. The molecule has 0 aromatic heterocycles. The van der Waals surface area contributed by atoms with E-state index in [4.69, 9.17) is 15.6 Å². The second-order valence-corrected chi connectivity index (χ2v) is 12.7. The number of methoxy groups -OCH3 is 1. The first-order valence-electron chi connectivity index (χ1n) is 17.8. The topological polar surface area (TPSA) is 100 Å². The van der Waals surface area contributed by atoms with Crippen molar-refractivity contribution in [2.45, 2.75) is 32.2 Å². The van der Waals surface area contributed by atoms with Gasteiger partial charge in [-0.2, -0.15) is 5.10 Å². The van der Waals surface area contributed by atoms with E-state index in [0.29, 0.717) is 49.6 Å². The highest BCUT2D eigenvalue weighted by Gasteiger charge is 2.30. The minimum absolute atomic E-state index is 0. The minimum Gasteiger partial charge on any atom is -0.497 e. The van der Waals surface area contributed by atoms with E-state index in [-0.39, 0.29) is 24.3 Å². The predicted octanol–water partition coefficient (Wildman–Crippen LogP) is 8.75. The molecule has 3 N–H and O–H groups in total. The van der Waals surface area contributed by atoms with E-state index in [9.17, 15) is 9.59 Å². The van der Waals surface area contributed by atoms with Gasteiger partial charge < -0.3 is 15.8 Å². The molecule has 6 rings (SSSR count). The van der Waals surface area contributed by atoms with E-state index in [1.54, 1.807) is 12.0 Å². The minimum atomic E-state index is -0.265. The van der Waals surface area contributed by atoms with Gasteiger partial charge >= 0.3 is 6.03 Å². The lowest BCUT2D eigenvalue weighted by Gasteiger charge is -2.27. The van der Waals surface area contributed by atoms with Crippen molar-refractivity contribution in [3.8, 4) is 16.9 Å². The van der Waals surface area contributed by atoms with Gasteiger partial charge in [0.15, 0.2) is 0 Å². The fourth-order valence-electron chi connectivity index (χ4n) is 6.16. The van der Waals surface area contributed by atoms with Crippen LogP contribution in [0.15, 0.2) is 139 Å². The van der Waals surface area contributed by atoms with Crippen LogP contribution in [0.25, 0.3) is 17.2 Å². The van der Waals surface area contributed by atoms with Crippen molar-refractivity contribution in [2.24, 2.45) is 10.8 Å². The van der Waals surface area contributed by atoms with Gasteiger partial charge in [0.2, 0.25) is 0 Å². The summed E-state index contributed by atoms with van der Waals surface area (Å²) < 4.78 is 5.33. The molecule has 0 saturated carbocycles. The first-order valence-corrected chi connectivity index (χ1v) is 17.8. The van der Waals surface area contributed by atoms with Crippen molar-refractivity contribution < 1.29 is 14.3 Å². The van der Waals surface area contributed by atoms with Crippen LogP contribution in [0.4, 0.5) is 10.5 Å². The number of rotatable bonds is 15. The van der Waals surface area contributed by atoms with Crippen LogP contribution in [0.3, 0.4) is 0 Å². The van der Waals surface area contributed by atoms with Crippen LogP contribution in [0.1, 0.15) is 51.9 Å². The number of hydrogen-bond acceptors (Lipinski definition) is 5. The molecule has 9 heteroatoms. The first kappa shape index (κ1) is 38.5. The van der Waals surface area contributed by atoms with Gasteiger partial charge in [-0.05, 0) is 96.5 Å². The van der Waals surface area contributed by atoms with Gasteiger partial charge in [-0.25, -0.2) is 9.80 Å². The van der Waals surface area contributed by atoms with E-state index in [0.717, 1.165) is 52.8 Å². The summed E-state index contributed by atoms with van der Waals surface area (Å²) in [7, 11) is 1.64. The average Bonchev–Trinajstić information content (AvgIpc) is 3.30. The number of nitrogens with one attached hydrogen (secondary N) is 1. The summed E-state index contributed by atoms with van der Waals surface area (Å²) >= 11 is 0. The number of hydrogen-bond donors (Lipinski definition) is 2. The Morgan fingerprint density at radius 2 is 1.49 bits per heavy atom. The van der Waals surface area contributed by atoms with E-state index < -0.39 is 0 Å². The quantitative estimate of drug-likeness (QED) is 0.105. The highest BCUT2D eigenvalue weighted by molar-refractivity contribution is 6.17. The summed E-state index contributed by atoms with van der Waals surface area (Å²) in [5.74, 6) is 0.580. The number of halogens is 1. The van der Waals surface area contributed by atoms with Crippen LogP contribution in [-0.2, 0) is 13.0 Å². The van der Waals surface area contributed by atoms with E-state index in [1.807, 2.05) is 103 Å². The number of nitrogens with two attached hydrogens (primary N) is 1. The largest absolute Gasteiger partial charge is 0.497 e. The molecule has 1 aliphatic rings. The zero-order chi connectivity index (χ0) is 36.1. The Morgan fingerprint density at radius 1 is 0.792 bits per heavy atom. The highest BCUT2D eigenvalue weighted by atomic mass is 35.5. The number of fused-ring (bicyclic) bond motifs is 1. The molecule has 1 heterocycles. The second kappa shape index (κ2) is 19.2. The van der Waals surface area contributed by atoms with Gasteiger partial charge in [-0.1, -0.05) is 103 Å². The number of benzene rings is 5. The van der Waals surface area contributed by atoms with Crippen LogP contribution in [-0.4, -0.2) is 49.4 Å². The number of anilines is 1. The van der Waals surface area contributed by atoms with Crippen molar-refractivity contribution in [1.29, 1.82) is 0 Å². The fourth-order valence-corrected chi connectivity index (χ4v) is 6.16. The molecule has 0 radical (unpaired) electrons. The molecule has 0 spiro atoms. The summed E-state index contributed by atoms with van der Waals surface area (Å²) in [5.41, 5.74) is 13.7. The Bertz CT molecular complexity index is 2000. The van der Waals surface area contributed by atoms with Gasteiger partial charge in [-0.15, -0.1) is 12.4 Å². The Morgan fingerprint density at radius 3 is 2.19 bits per heavy atom. The van der Waals surface area contributed by atoms with Crippen molar-refractivity contribution in [1.82, 2.24) is 10.3 Å². The molecular formula is C44H46ClN5O3. The zero-order valence-electron chi connectivity index (χ0n) is 30.0. The molecule has 0 bridgehead atoms. The molecule has 0 unspecified atom stereocenters. The number of amides is 3. The third-order valence-electron chi connectivity index (χ3n) is 9.05. The number of carbonyl (C=O) groups is 2. The maximum absolute atomic E-state index is 14.5. The van der Waals surface area contributed by atoms with Crippen molar-refractivity contribution in [3.63, 3.8) is 0 Å². The number of carbonyl (C=O) groups excluding carboxylic acids is 2. The van der Waals surface area contributed by atoms with Crippen molar-refractivity contribution in [2.75, 3.05) is 31.6 Å². The summed E-state index contributed by atoms with van der Waals surface area (Å²) in [6.07, 6.45) is 7.04. The number of hydrazone groups is 1. The van der Waals surface area contributed by atoms with Crippen molar-refractivity contribution >= 4 is 41.8 Å². The molecule has 5 aromatic carbocycles. The van der Waals surface area contributed by atoms with Crippen LogP contribution in [0.5, 0.6) is 5.75 Å². The Hall–Kier alpha value is -5.70. The average molecular weight is 728 g/mol. The zero-order valence-corrected chi connectivity index (χ0v) is 30.8. The molecule has 0 fully saturated rings. The molecule has 5 aromatic rings. The first-order chi connectivity index (χ1) is 25.5. The van der Waals surface area contributed by atoms with Gasteiger partial charge in [-0.3, -0.25) is 9.69 Å². The monoisotopic (exact) mass is 727 g/mol. The molecule has 53 heavy (non-hydrogen) atoms. The molecule has 0 aliphatic carbocycles. The van der Waals surface area contributed by atoms with Gasteiger partial charge in [0.25, 0.3) is 5.91 Å². The summed E-state index contributed by atoms with van der Waals surface area (Å²) in [5, 5.41) is 9.55. The highest BCUT2D eigenvalue weighted by Crippen LogP contribution is 2.31. The van der Waals surface area contributed by atoms with Crippen LogP contribution in [0, 0.1) is 0 Å². The molecule has 272 valence electrons. The summed E-state index contributed by atoms with van der Waals surface area (Å²) in [4.78, 5) is 29.8. The van der Waals surface area contributed by atoms with Gasteiger partial charge in [0.05, 0.1) is 25.1 Å². The third kappa shape index (κ3) is 10.2. The fraction of sp³-hybridized carbons (Fsp3) is 0.205. The van der Waals surface area contributed by atoms with Gasteiger partial charge in [0.1, 0.15) is 5.75 Å². The second-order valence-electron chi connectivity index (χ2n) is 12.7. The number of aryl methyl sites for hydroxylation is 1. The molecule has 1 aliphatic heterocycles. The van der Waals surface area contributed by atoms with E-state index in [1.165, 1.54) is 10.6 Å². The third-order valence-corrected chi connectivity index (χ3v) is 9.05.